The summed E-state index contributed by atoms with van der Waals surface area (Å²) in [7, 11) is 1.58. The lowest BCUT2D eigenvalue weighted by atomic mass is 10.1. The van der Waals surface area contributed by atoms with Crippen molar-refractivity contribution in [2.45, 2.75) is 13.8 Å². The van der Waals surface area contributed by atoms with Crippen LogP contribution in [0.3, 0.4) is 0 Å². The van der Waals surface area contributed by atoms with Crippen LogP contribution in [-0.4, -0.2) is 55.0 Å². The summed E-state index contributed by atoms with van der Waals surface area (Å²) in [6, 6.07) is 16.0. The number of aromatic nitrogens is 1. The normalized spacial score (nSPS) is 11.5. The molecule has 2 amide bonds. The lowest BCUT2D eigenvalue weighted by molar-refractivity contribution is -0.117. The minimum absolute atomic E-state index is 0.0879. The van der Waals surface area contributed by atoms with Crippen molar-refractivity contribution in [3.63, 3.8) is 0 Å². The van der Waals surface area contributed by atoms with Crippen molar-refractivity contribution in [1.29, 1.82) is 0 Å². The van der Waals surface area contributed by atoms with Gasteiger partial charge in [0.1, 0.15) is 16.6 Å². The van der Waals surface area contributed by atoms with Gasteiger partial charge in [-0.05, 0) is 49.5 Å². The van der Waals surface area contributed by atoms with Crippen molar-refractivity contribution < 1.29 is 14.3 Å². The van der Waals surface area contributed by atoms with Crippen LogP contribution in [0.25, 0.3) is 17.0 Å². The highest BCUT2D eigenvalue weighted by atomic mass is 35.5. The summed E-state index contributed by atoms with van der Waals surface area (Å²) in [5.74, 6) is -0.120. The van der Waals surface area contributed by atoms with Gasteiger partial charge in [0, 0.05) is 35.7 Å². The van der Waals surface area contributed by atoms with Crippen LogP contribution in [-0.2, 0) is 4.79 Å². The summed E-state index contributed by atoms with van der Waals surface area (Å²) in [5.41, 5.74) is 1.71. The number of benzene rings is 2. The molecule has 34 heavy (non-hydrogen) atoms. The molecule has 0 fully saturated rings. The SMILES string of the molecule is CCN(CC)CCNC(=O)/C(=C/c1cc2ccc(OC)cc2nc1Cl)NC(=O)c1ccccc1. The summed E-state index contributed by atoms with van der Waals surface area (Å²) in [4.78, 5) is 32.5. The molecule has 0 radical (unpaired) electrons. The highest BCUT2D eigenvalue weighted by Gasteiger charge is 2.16. The van der Waals surface area contributed by atoms with Crippen molar-refractivity contribution in [3.05, 3.63) is 76.6 Å². The predicted octanol–water partition coefficient (Wildman–Crippen LogP) is 4.13. The van der Waals surface area contributed by atoms with Crippen molar-refractivity contribution in [3.8, 4) is 5.75 Å². The van der Waals surface area contributed by atoms with E-state index in [0.29, 0.717) is 35.5 Å². The molecule has 0 bridgehead atoms. The van der Waals surface area contributed by atoms with Gasteiger partial charge in [0.2, 0.25) is 0 Å². The van der Waals surface area contributed by atoms with E-state index in [9.17, 15) is 9.59 Å². The Hall–Kier alpha value is -3.42. The third-order valence-electron chi connectivity index (χ3n) is 5.44. The Balaban J connectivity index is 1.91. The molecule has 3 aromatic rings. The number of pyridine rings is 1. The molecule has 0 aliphatic carbocycles. The molecule has 0 spiro atoms. The quantitative estimate of drug-likeness (QED) is 0.337. The van der Waals surface area contributed by atoms with Gasteiger partial charge >= 0.3 is 0 Å². The first-order valence-electron chi connectivity index (χ1n) is 11.2. The zero-order valence-electron chi connectivity index (χ0n) is 19.6. The fourth-order valence-corrected chi connectivity index (χ4v) is 3.63. The fourth-order valence-electron chi connectivity index (χ4n) is 3.43. The van der Waals surface area contributed by atoms with E-state index in [1.54, 1.807) is 43.5 Å². The summed E-state index contributed by atoms with van der Waals surface area (Å²) in [5, 5.41) is 6.66. The maximum atomic E-state index is 13.0. The number of ether oxygens (including phenoxy) is 1. The van der Waals surface area contributed by atoms with Crippen LogP contribution in [0.15, 0.2) is 60.3 Å². The van der Waals surface area contributed by atoms with Crippen molar-refractivity contribution in [2.75, 3.05) is 33.3 Å². The number of amides is 2. The molecular formula is C26H29ClN4O3. The standard InChI is InChI=1S/C26H29ClN4O3/c1-4-31(5-2)14-13-28-26(33)23(30-25(32)18-9-7-6-8-10-18)16-20-15-19-11-12-21(34-3)17-22(19)29-24(20)27/h6-12,15-17H,4-5,13-14H2,1-3H3,(H,28,33)(H,30,32)/b23-16-. The Morgan fingerprint density at radius 1 is 1.09 bits per heavy atom. The minimum atomic E-state index is -0.401. The van der Waals surface area contributed by atoms with E-state index < -0.39 is 5.91 Å². The van der Waals surface area contributed by atoms with Gasteiger partial charge in [0.05, 0.1) is 12.6 Å². The third-order valence-corrected chi connectivity index (χ3v) is 5.74. The summed E-state index contributed by atoms with van der Waals surface area (Å²) in [6.45, 7) is 7.08. The molecule has 0 saturated heterocycles. The van der Waals surface area contributed by atoms with Crippen molar-refractivity contribution in [2.24, 2.45) is 0 Å². The molecule has 2 N–H and O–H groups in total. The molecule has 1 aromatic heterocycles. The minimum Gasteiger partial charge on any atom is -0.497 e. The number of halogens is 1. The second-order valence-electron chi connectivity index (χ2n) is 7.59. The fraction of sp³-hybridized carbons (Fsp3) is 0.269. The highest BCUT2D eigenvalue weighted by molar-refractivity contribution is 6.31. The van der Waals surface area contributed by atoms with E-state index in [2.05, 4.69) is 34.4 Å². The first kappa shape index (κ1) is 25.2. The van der Waals surface area contributed by atoms with E-state index >= 15 is 0 Å². The van der Waals surface area contributed by atoms with E-state index in [4.69, 9.17) is 16.3 Å². The molecule has 0 atom stereocenters. The molecule has 0 saturated carbocycles. The van der Waals surface area contributed by atoms with Crippen molar-refractivity contribution >= 4 is 40.4 Å². The van der Waals surface area contributed by atoms with Crippen molar-refractivity contribution in [1.82, 2.24) is 20.5 Å². The number of fused-ring (bicyclic) bond motifs is 1. The number of hydrogen-bond donors (Lipinski definition) is 2. The first-order valence-corrected chi connectivity index (χ1v) is 11.6. The van der Waals surface area contributed by atoms with Gasteiger partial charge in [0.25, 0.3) is 11.8 Å². The van der Waals surface area contributed by atoms with Crippen LogP contribution >= 0.6 is 11.6 Å². The summed E-state index contributed by atoms with van der Waals surface area (Å²) < 4.78 is 5.25. The van der Waals surface area contributed by atoms with Gasteiger partial charge in [-0.25, -0.2) is 4.98 Å². The van der Waals surface area contributed by atoms with Gasteiger partial charge in [-0.1, -0.05) is 43.6 Å². The molecule has 0 aliphatic rings. The molecule has 8 heteroatoms. The number of carbonyl (C=O) groups is 2. The summed E-state index contributed by atoms with van der Waals surface area (Å²) >= 11 is 6.44. The molecule has 7 nitrogen and oxygen atoms in total. The van der Waals surface area contributed by atoms with Crippen LogP contribution in [0.5, 0.6) is 5.75 Å². The summed E-state index contributed by atoms with van der Waals surface area (Å²) in [6.07, 6.45) is 1.55. The average molecular weight is 481 g/mol. The van der Waals surface area contributed by atoms with Gasteiger partial charge in [-0.2, -0.15) is 0 Å². The third kappa shape index (κ3) is 6.56. The Kier molecular flexibility index (Phi) is 9.01. The van der Waals surface area contributed by atoms with Crippen LogP contribution in [0.2, 0.25) is 5.15 Å². The number of nitrogens with zero attached hydrogens (tertiary/aromatic N) is 2. The van der Waals surface area contributed by atoms with Crippen LogP contribution in [0.1, 0.15) is 29.8 Å². The number of hydrogen-bond acceptors (Lipinski definition) is 5. The Morgan fingerprint density at radius 2 is 1.82 bits per heavy atom. The van der Waals surface area contributed by atoms with Crippen LogP contribution in [0, 0.1) is 0 Å². The number of nitrogens with one attached hydrogen (secondary N) is 2. The van der Waals surface area contributed by atoms with Crippen LogP contribution < -0.4 is 15.4 Å². The topological polar surface area (TPSA) is 83.6 Å². The van der Waals surface area contributed by atoms with E-state index in [0.717, 1.165) is 18.5 Å². The number of methoxy groups -OCH3 is 1. The van der Waals surface area contributed by atoms with Gasteiger partial charge in [-0.3, -0.25) is 9.59 Å². The monoisotopic (exact) mass is 480 g/mol. The molecule has 1 heterocycles. The van der Waals surface area contributed by atoms with Gasteiger partial charge in [-0.15, -0.1) is 0 Å². The van der Waals surface area contributed by atoms with E-state index in [1.165, 1.54) is 0 Å². The van der Waals surface area contributed by atoms with E-state index in [-0.39, 0.29) is 16.8 Å². The molecule has 0 aliphatic heterocycles. The average Bonchev–Trinajstić information content (AvgIpc) is 2.86. The number of likely N-dealkylation sites (N-methyl/N-ethyl adjacent to an activating group) is 1. The van der Waals surface area contributed by atoms with Gasteiger partial charge < -0.3 is 20.3 Å². The maximum absolute atomic E-state index is 13.0. The molecule has 3 rings (SSSR count). The zero-order chi connectivity index (χ0) is 24.5. The molecule has 178 valence electrons. The Bertz CT molecular complexity index is 1180. The second kappa shape index (κ2) is 12.2. The second-order valence-corrected chi connectivity index (χ2v) is 7.95. The predicted molar refractivity (Wildman–Crippen MR) is 136 cm³/mol. The lowest BCUT2D eigenvalue weighted by Gasteiger charge is -2.18. The smallest absolute Gasteiger partial charge is 0.267 e. The Morgan fingerprint density at radius 3 is 2.50 bits per heavy atom. The largest absolute Gasteiger partial charge is 0.497 e. The van der Waals surface area contributed by atoms with Gasteiger partial charge in [0.15, 0.2) is 0 Å². The first-order chi connectivity index (χ1) is 16.4. The Labute approximate surface area is 204 Å². The zero-order valence-corrected chi connectivity index (χ0v) is 20.4. The molecular weight excluding hydrogens is 452 g/mol. The van der Waals surface area contributed by atoms with E-state index in [1.807, 2.05) is 24.3 Å². The molecule has 0 unspecified atom stereocenters. The maximum Gasteiger partial charge on any atom is 0.267 e. The lowest BCUT2D eigenvalue weighted by Crippen LogP contribution is -2.39. The number of carbonyl (C=O) groups excluding carboxylic acids is 2. The highest BCUT2D eigenvalue weighted by Crippen LogP contribution is 2.25. The molecule has 2 aromatic carbocycles. The van der Waals surface area contributed by atoms with Crippen LogP contribution in [0.4, 0.5) is 0 Å². The number of rotatable bonds is 10.